The highest BCUT2D eigenvalue weighted by atomic mass is 19.1. The molecule has 4 N–H and O–H groups in total. The first kappa shape index (κ1) is 27.6. The minimum absolute atomic E-state index is 0.000983. The van der Waals surface area contributed by atoms with Crippen molar-refractivity contribution in [2.24, 2.45) is 5.41 Å². The van der Waals surface area contributed by atoms with Crippen LogP contribution in [-0.2, 0) is 19.0 Å². The molecule has 0 bridgehead atoms. The fraction of sp³-hybridized carbons (Fsp3) is 0.462. The molecular formula is C26H33FN6O5. The number of aromatic nitrogens is 4. The van der Waals surface area contributed by atoms with Crippen molar-refractivity contribution < 1.29 is 28.5 Å². The van der Waals surface area contributed by atoms with E-state index in [-0.39, 0.29) is 31.5 Å². The number of hydrogen-bond acceptors (Lipinski definition) is 9. The third kappa shape index (κ3) is 6.70. The van der Waals surface area contributed by atoms with Crippen LogP contribution in [-0.4, -0.2) is 77.6 Å². The van der Waals surface area contributed by atoms with Crippen molar-refractivity contribution in [3.8, 4) is 22.6 Å². The molecule has 0 saturated carbocycles. The van der Waals surface area contributed by atoms with Gasteiger partial charge < -0.3 is 34.9 Å². The van der Waals surface area contributed by atoms with Crippen molar-refractivity contribution in [3.05, 3.63) is 48.2 Å². The number of carbonyl (C=O) groups excluding carboxylic acids is 1. The van der Waals surface area contributed by atoms with E-state index < -0.39 is 11.7 Å². The second kappa shape index (κ2) is 12.9. The van der Waals surface area contributed by atoms with Gasteiger partial charge in [-0.1, -0.05) is 0 Å². The molecule has 38 heavy (non-hydrogen) atoms. The number of nitrogens with zero attached hydrogens (tertiary/aromatic N) is 3. The Morgan fingerprint density at radius 3 is 2.66 bits per heavy atom. The molecule has 1 amide bonds. The summed E-state index contributed by atoms with van der Waals surface area (Å²) in [4.78, 5) is 29.5. The van der Waals surface area contributed by atoms with Crippen LogP contribution >= 0.6 is 0 Å². The van der Waals surface area contributed by atoms with E-state index >= 15 is 0 Å². The quantitative estimate of drug-likeness (QED) is 0.261. The topological polar surface area (TPSA) is 144 Å². The number of benzene rings is 1. The molecule has 3 aromatic rings. The molecule has 1 aliphatic heterocycles. The first-order valence-corrected chi connectivity index (χ1v) is 12.5. The third-order valence-electron chi connectivity index (χ3n) is 6.06. The maximum absolute atomic E-state index is 13.6. The van der Waals surface area contributed by atoms with Crippen LogP contribution in [0.2, 0.25) is 0 Å². The fourth-order valence-electron chi connectivity index (χ4n) is 3.90. The van der Waals surface area contributed by atoms with Crippen molar-refractivity contribution in [2.75, 3.05) is 51.9 Å². The van der Waals surface area contributed by atoms with Gasteiger partial charge in [0.2, 0.25) is 18.1 Å². The molecule has 3 heterocycles. The Morgan fingerprint density at radius 2 is 1.95 bits per heavy atom. The number of hydrogen-bond donors (Lipinski definition) is 4. The van der Waals surface area contributed by atoms with Crippen LogP contribution in [0.1, 0.15) is 31.9 Å². The van der Waals surface area contributed by atoms with E-state index in [1.807, 2.05) is 0 Å². The summed E-state index contributed by atoms with van der Waals surface area (Å²) in [6, 6.07) is 7.76. The number of H-pyrrole nitrogens is 1. The molecular weight excluding hydrogens is 495 g/mol. The van der Waals surface area contributed by atoms with Crippen molar-refractivity contribution in [2.45, 2.75) is 26.1 Å². The predicted octanol–water partition coefficient (Wildman–Crippen LogP) is 2.67. The molecule has 1 saturated heterocycles. The Kier molecular flexibility index (Phi) is 9.34. The Bertz CT molecular complexity index is 1200. The number of halogens is 1. The highest BCUT2D eigenvalue weighted by Gasteiger charge is 2.40. The van der Waals surface area contributed by atoms with Crippen LogP contribution in [0.5, 0.6) is 0 Å². The monoisotopic (exact) mass is 528 g/mol. The minimum Gasteiger partial charge on any atom is -0.396 e. The van der Waals surface area contributed by atoms with Crippen LogP contribution in [0.3, 0.4) is 0 Å². The van der Waals surface area contributed by atoms with Crippen molar-refractivity contribution in [1.29, 1.82) is 0 Å². The number of amides is 1. The van der Waals surface area contributed by atoms with E-state index in [2.05, 4.69) is 25.6 Å². The Morgan fingerprint density at radius 1 is 1.18 bits per heavy atom. The van der Waals surface area contributed by atoms with Crippen molar-refractivity contribution in [3.63, 3.8) is 0 Å². The largest absolute Gasteiger partial charge is 0.396 e. The van der Waals surface area contributed by atoms with Gasteiger partial charge in [-0.2, -0.15) is 0 Å². The summed E-state index contributed by atoms with van der Waals surface area (Å²) in [6.07, 6.45) is 2.08. The molecule has 1 aromatic carbocycles. The molecule has 0 unspecified atom stereocenters. The van der Waals surface area contributed by atoms with Gasteiger partial charge in [0.05, 0.1) is 35.7 Å². The molecule has 1 fully saturated rings. The zero-order valence-corrected chi connectivity index (χ0v) is 21.5. The van der Waals surface area contributed by atoms with E-state index in [9.17, 15) is 9.18 Å². The number of rotatable bonds is 12. The minimum atomic E-state index is -0.878. The Hall–Kier alpha value is -3.45. The summed E-state index contributed by atoms with van der Waals surface area (Å²) in [5, 5.41) is 14.9. The average molecular weight is 529 g/mol. The fourth-order valence-corrected chi connectivity index (χ4v) is 3.90. The zero-order valence-electron chi connectivity index (χ0n) is 21.5. The third-order valence-corrected chi connectivity index (χ3v) is 6.06. The lowest BCUT2D eigenvalue weighted by atomic mass is 9.91. The van der Waals surface area contributed by atoms with E-state index in [0.717, 1.165) is 6.42 Å². The van der Waals surface area contributed by atoms with Gasteiger partial charge in [0.1, 0.15) is 5.82 Å². The van der Waals surface area contributed by atoms with Crippen LogP contribution in [0.4, 0.5) is 10.3 Å². The normalized spacial score (nSPS) is 19.3. The SMILES string of the molecule is COCCCNc1nccc(-c2[nH]c(C3OCC(C)(C(=O)NCCCO)CO3)nc2-c2ccc(F)cc2)n1. The lowest BCUT2D eigenvalue weighted by Gasteiger charge is -2.35. The lowest BCUT2D eigenvalue weighted by Crippen LogP contribution is -2.48. The van der Waals surface area contributed by atoms with E-state index in [4.69, 9.17) is 24.3 Å². The van der Waals surface area contributed by atoms with Crippen LogP contribution in [0.15, 0.2) is 36.5 Å². The summed E-state index contributed by atoms with van der Waals surface area (Å²) in [6.45, 7) is 3.64. The molecule has 11 nitrogen and oxygen atoms in total. The standard InChI is InChI=1S/C26H33FN6O5/c1-26(24(35)28-10-3-13-34)15-37-23(38-16-26)22-32-20(17-5-7-18(27)8-6-17)21(33-22)19-9-12-30-25(31-19)29-11-4-14-36-2/h5-9,12,23,34H,3-4,10-11,13-16H2,1-2H3,(H,28,35)(H,32,33)(H,29,30,31). The highest BCUT2D eigenvalue weighted by Crippen LogP contribution is 2.35. The Labute approximate surface area is 220 Å². The maximum Gasteiger partial charge on any atom is 0.230 e. The van der Waals surface area contributed by atoms with E-state index in [1.54, 1.807) is 38.4 Å². The van der Waals surface area contributed by atoms with Crippen LogP contribution in [0, 0.1) is 11.2 Å². The highest BCUT2D eigenvalue weighted by molar-refractivity contribution is 5.82. The predicted molar refractivity (Wildman–Crippen MR) is 137 cm³/mol. The van der Waals surface area contributed by atoms with Gasteiger partial charge in [0.15, 0.2) is 5.82 Å². The number of carbonyl (C=O) groups is 1. The maximum atomic E-state index is 13.6. The number of anilines is 1. The summed E-state index contributed by atoms with van der Waals surface area (Å²) in [5.41, 5.74) is 1.52. The second-order valence-corrected chi connectivity index (χ2v) is 9.24. The van der Waals surface area contributed by atoms with Crippen molar-refractivity contribution in [1.82, 2.24) is 25.3 Å². The summed E-state index contributed by atoms with van der Waals surface area (Å²) in [7, 11) is 1.65. The first-order chi connectivity index (χ1) is 18.4. The number of aromatic amines is 1. The molecule has 0 spiro atoms. The van der Waals surface area contributed by atoms with Gasteiger partial charge in [0, 0.05) is 45.2 Å². The van der Waals surface area contributed by atoms with Gasteiger partial charge in [-0.3, -0.25) is 4.79 Å². The summed E-state index contributed by atoms with van der Waals surface area (Å²) in [5.74, 6) is 0.289. The van der Waals surface area contributed by atoms with Crippen LogP contribution < -0.4 is 10.6 Å². The van der Waals surface area contributed by atoms with Gasteiger partial charge in [-0.15, -0.1) is 0 Å². The molecule has 12 heteroatoms. The van der Waals surface area contributed by atoms with Gasteiger partial charge in [0.25, 0.3) is 0 Å². The van der Waals surface area contributed by atoms with Crippen LogP contribution in [0.25, 0.3) is 22.6 Å². The van der Waals surface area contributed by atoms with Gasteiger partial charge in [-0.05, 0) is 50.1 Å². The second-order valence-electron chi connectivity index (χ2n) is 9.24. The molecule has 4 rings (SSSR count). The average Bonchev–Trinajstić information content (AvgIpc) is 3.38. The number of aliphatic hydroxyl groups excluding tert-OH is 1. The van der Waals surface area contributed by atoms with E-state index in [1.165, 1.54) is 12.1 Å². The number of nitrogens with one attached hydrogen (secondary N) is 3. The summed E-state index contributed by atoms with van der Waals surface area (Å²) >= 11 is 0. The van der Waals surface area contributed by atoms with Gasteiger partial charge in [-0.25, -0.2) is 19.3 Å². The number of methoxy groups -OCH3 is 1. The number of ether oxygens (including phenoxy) is 3. The summed E-state index contributed by atoms with van der Waals surface area (Å²) < 4.78 is 30.6. The van der Waals surface area contributed by atoms with E-state index in [0.29, 0.717) is 60.5 Å². The molecule has 0 radical (unpaired) electrons. The molecule has 1 aliphatic rings. The first-order valence-electron chi connectivity index (χ1n) is 12.5. The number of aliphatic hydroxyl groups is 1. The van der Waals surface area contributed by atoms with Gasteiger partial charge >= 0.3 is 0 Å². The lowest BCUT2D eigenvalue weighted by molar-refractivity contribution is -0.231. The smallest absolute Gasteiger partial charge is 0.230 e. The number of imidazole rings is 1. The molecule has 2 aromatic heterocycles. The van der Waals surface area contributed by atoms with Crippen molar-refractivity contribution >= 4 is 11.9 Å². The zero-order chi connectivity index (χ0) is 27.0. The molecule has 204 valence electrons. The molecule has 0 atom stereocenters. The molecule has 0 aliphatic carbocycles. The Balaban J connectivity index is 1.56.